The summed E-state index contributed by atoms with van der Waals surface area (Å²) in [6, 6.07) is 3.19. The molecule has 34 heavy (non-hydrogen) atoms. The minimum absolute atomic E-state index is 0.0704. The first-order valence-corrected chi connectivity index (χ1v) is 11.9. The maximum atomic E-state index is 13.2. The number of benzene rings is 1. The first-order valence-electron chi connectivity index (χ1n) is 11.9. The Morgan fingerprint density at radius 2 is 1.94 bits per heavy atom. The van der Waals surface area contributed by atoms with Crippen molar-refractivity contribution in [2.75, 3.05) is 24.1 Å². The number of piperidine rings is 1. The van der Waals surface area contributed by atoms with Crippen LogP contribution in [0.4, 0.5) is 24.7 Å². The number of nitrogens with one attached hydrogen (secondary N) is 2. The Balaban J connectivity index is 1.45. The van der Waals surface area contributed by atoms with Crippen LogP contribution < -0.4 is 16.4 Å². The summed E-state index contributed by atoms with van der Waals surface area (Å²) >= 11 is 0. The number of rotatable bonds is 7. The normalized spacial score (nSPS) is 19.6. The number of anilines is 2. The van der Waals surface area contributed by atoms with Gasteiger partial charge < -0.3 is 16.4 Å². The molecule has 2 aromatic rings. The Hall–Kier alpha value is -2.68. The predicted molar refractivity (Wildman–Crippen MR) is 125 cm³/mol. The number of nitrogens with two attached hydrogens (primary N) is 1. The summed E-state index contributed by atoms with van der Waals surface area (Å²) in [5, 5.41) is 6.59. The van der Waals surface area contributed by atoms with Crippen molar-refractivity contribution in [1.29, 1.82) is 0 Å². The molecule has 1 unspecified atom stereocenters. The summed E-state index contributed by atoms with van der Waals surface area (Å²) in [5.41, 5.74) is 7.46. The van der Waals surface area contributed by atoms with Crippen LogP contribution in [0.2, 0.25) is 0 Å². The highest BCUT2D eigenvalue weighted by atomic mass is 19.4. The number of hydrogen-bond donors (Lipinski definition) is 3. The predicted octanol–water partition coefficient (Wildman–Crippen LogP) is 4.62. The summed E-state index contributed by atoms with van der Waals surface area (Å²) in [6.45, 7) is 5.42. The van der Waals surface area contributed by atoms with Gasteiger partial charge >= 0.3 is 6.18 Å². The molecule has 2 heterocycles. The Labute approximate surface area is 197 Å². The monoisotopic (exact) mass is 475 g/mol. The third-order valence-electron chi connectivity index (χ3n) is 6.93. The zero-order chi connectivity index (χ0) is 24.5. The average molecular weight is 476 g/mol. The molecular weight excluding hydrogens is 443 g/mol. The van der Waals surface area contributed by atoms with Gasteiger partial charge in [-0.3, -0.25) is 4.79 Å². The third kappa shape index (κ3) is 5.68. The zero-order valence-corrected chi connectivity index (χ0v) is 19.6. The number of nitrogens with zero attached hydrogens (tertiary/aromatic N) is 2. The minimum atomic E-state index is -4.46. The number of hydrogen-bond acceptors (Lipinski definition) is 6. The molecule has 9 heteroatoms. The highest BCUT2D eigenvalue weighted by Gasteiger charge is 2.32. The van der Waals surface area contributed by atoms with Crippen LogP contribution in [0.5, 0.6) is 0 Å². The van der Waals surface area contributed by atoms with Gasteiger partial charge in [0.25, 0.3) is 0 Å². The van der Waals surface area contributed by atoms with Crippen molar-refractivity contribution in [1.82, 2.24) is 15.3 Å². The molecule has 0 bridgehead atoms. The van der Waals surface area contributed by atoms with Crippen molar-refractivity contribution in [2.45, 2.75) is 64.6 Å². The molecule has 0 spiro atoms. The topological polar surface area (TPSA) is 92.9 Å². The van der Waals surface area contributed by atoms with Crippen molar-refractivity contribution in [3.63, 3.8) is 0 Å². The minimum Gasteiger partial charge on any atom is -0.399 e. The molecule has 1 aliphatic carbocycles. The number of carbonyl (C=O) groups is 1. The van der Waals surface area contributed by atoms with Gasteiger partial charge in [-0.1, -0.05) is 0 Å². The Morgan fingerprint density at radius 1 is 1.21 bits per heavy atom. The summed E-state index contributed by atoms with van der Waals surface area (Å²) in [6.07, 6.45) is 0.318. The van der Waals surface area contributed by atoms with E-state index < -0.39 is 17.8 Å². The van der Waals surface area contributed by atoms with E-state index in [1.54, 1.807) is 13.0 Å². The van der Waals surface area contributed by atoms with Gasteiger partial charge in [0, 0.05) is 29.3 Å². The van der Waals surface area contributed by atoms with Crippen LogP contribution in [-0.2, 0) is 23.8 Å². The molecule has 0 radical (unpaired) electrons. The van der Waals surface area contributed by atoms with Gasteiger partial charge in [0.1, 0.15) is 17.4 Å². The van der Waals surface area contributed by atoms with E-state index in [0.717, 1.165) is 68.6 Å². The summed E-state index contributed by atoms with van der Waals surface area (Å²) < 4.78 is 39.7. The maximum Gasteiger partial charge on any atom is 0.416 e. The van der Waals surface area contributed by atoms with Gasteiger partial charge in [-0.25, -0.2) is 9.97 Å². The molecule has 0 saturated carbocycles. The first kappa shape index (κ1) is 24.4. The van der Waals surface area contributed by atoms with Crippen molar-refractivity contribution >= 4 is 17.3 Å². The number of alkyl halides is 3. The number of ketones is 1. The van der Waals surface area contributed by atoms with Crippen LogP contribution in [0, 0.1) is 18.8 Å². The fraction of sp³-hybridized carbons (Fsp3) is 0.560. The van der Waals surface area contributed by atoms with Crippen LogP contribution in [0.1, 0.15) is 66.9 Å². The number of nitrogen functional groups attached to an aromatic ring is 1. The molecule has 4 rings (SSSR count). The standard InChI is InChI=1S/C25H32F3N5O/c1-14(18-11-19(25(26,27)28)13-20(29)12-18)31-24-21-9-16(10-22(21)32-15(2)33-24)3-4-23(34)17-5-7-30-8-6-17/h11-14,16-17,30H,3-10,29H2,1-2H3,(H,31,32,33)/t14-,16?/m1/s1. The smallest absolute Gasteiger partial charge is 0.399 e. The lowest BCUT2D eigenvalue weighted by Crippen LogP contribution is -2.32. The van der Waals surface area contributed by atoms with Crippen molar-refractivity contribution in [2.24, 2.45) is 11.8 Å². The summed E-state index contributed by atoms with van der Waals surface area (Å²) in [7, 11) is 0. The number of carbonyl (C=O) groups excluding carboxylic acids is 1. The van der Waals surface area contributed by atoms with E-state index in [4.69, 9.17) is 5.73 Å². The molecule has 1 fully saturated rings. The molecule has 6 nitrogen and oxygen atoms in total. The zero-order valence-electron chi connectivity index (χ0n) is 19.6. The van der Waals surface area contributed by atoms with E-state index in [2.05, 4.69) is 20.6 Å². The Kier molecular flexibility index (Phi) is 7.12. The molecule has 184 valence electrons. The molecule has 1 aliphatic heterocycles. The molecule has 2 atom stereocenters. The molecule has 4 N–H and O–H groups in total. The summed E-state index contributed by atoms with van der Waals surface area (Å²) in [4.78, 5) is 21.8. The largest absolute Gasteiger partial charge is 0.416 e. The Morgan fingerprint density at radius 3 is 2.65 bits per heavy atom. The van der Waals surface area contributed by atoms with Gasteiger partial charge in [-0.2, -0.15) is 13.2 Å². The molecular formula is C25H32F3N5O. The van der Waals surface area contributed by atoms with Crippen LogP contribution >= 0.6 is 0 Å². The number of aryl methyl sites for hydroxylation is 1. The van der Waals surface area contributed by atoms with Crippen molar-refractivity contribution < 1.29 is 18.0 Å². The third-order valence-corrected chi connectivity index (χ3v) is 6.93. The molecule has 1 saturated heterocycles. The lowest BCUT2D eigenvalue weighted by Gasteiger charge is -2.22. The quantitative estimate of drug-likeness (QED) is 0.506. The highest BCUT2D eigenvalue weighted by Crippen LogP contribution is 2.36. The average Bonchev–Trinajstić information content (AvgIpc) is 3.20. The van der Waals surface area contributed by atoms with E-state index in [1.807, 2.05) is 6.92 Å². The number of fused-ring (bicyclic) bond motifs is 1. The van der Waals surface area contributed by atoms with Crippen LogP contribution in [0.25, 0.3) is 0 Å². The van der Waals surface area contributed by atoms with Gasteiger partial charge in [-0.05, 0) is 88.7 Å². The second kappa shape index (κ2) is 9.90. The lowest BCUT2D eigenvalue weighted by molar-refractivity contribution is -0.137. The van der Waals surface area contributed by atoms with E-state index in [-0.39, 0.29) is 11.6 Å². The second-order valence-electron chi connectivity index (χ2n) is 9.60. The van der Waals surface area contributed by atoms with E-state index >= 15 is 0 Å². The lowest BCUT2D eigenvalue weighted by atomic mass is 9.88. The van der Waals surface area contributed by atoms with Crippen LogP contribution in [-0.4, -0.2) is 28.8 Å². The summed E-state index contributed by atoms with van der Waals surface area (Å²) in [5.74, 6) is 2.11. The van der Waals surface area contributed by atoms with Gasteiger partial charge in [-0.15, -0.1) is 0 Å². The first-order chi connectivity index (χ1) is 16.1. The van der Waals surface area contributed by atoms with Crippen molar-refractivity contribution in [3.8, 4) is 0 Å². The number of halogens is 3. The fourth-order valence-electron chi connectivity index (χ4n) is 5.07. The van der Waals surface area contributed by atoms with E-state index in [9.17, 15) is 18.0 Å². The van der Waals surface area contributed by atoms with Gasteiger partial charge in [0.05, 0.1) is 11.6 Å². The van der Waals surface area contributed by atoms with Gasteiger partial charge in [0.2, 0.25) is 0 Å². The molecule has 1 aromatic heterocycles. The fourth-order valence-corrected chi connectivity index (χ4v) is 5.07. The maximum absolute atomic E-state index is 13.2. The van der Waals surface area contributed by atoms with E-state index in [0.29, 0.717) is 35.3 Å². The second-order valence-corrected chi connectivity index (χ2v) is 9.60. The molecule has 0 amide bonds. The number of aromatic nitrogens is 2. The molecule has 1 aromatic carbocycles. The van der Waals surface area contributed by atoms with Crippen molar-refractivity contribution in [3.05, 3.63) is 46.4 Å². The highest BCUT2D eigenvalue weighted by molar-refractivity contribution is 5.81. The Bertz CT molecular complexity index is 1050. The van der Waals surface area contributed by atoms with Crippen LogP contribution in [0.15, 0.2) is 18.2 Å². The van der Waals surface area contributed by atoms with Crippen LogP contribution in [0.3, 0.4) is 0 Å². The van der Waals surface area contributed by atoms with E-state index in [1.165, 1.54) is 0 Å². The number of Topliss-reactive ketones (excluding diaryl/α,β-unsaturated/α-hetero) is 1. The SMILES string of the molecule is Cc1nc2c(c(N[C@H](C)c3cc(N)cc(C(F)(F)F)c3)n1)CC(CCC(=O)C1CCNCC1)C2. The molecule has 2 aliphatic rings. The van der Waals surface area contributed by atoms with Gasteiger partial charge in [0.15, 0.2) is 0 Å².